The molecule has 0 aliphatic carbocycles. The Hall–Kier alpha value is -5.42. The molecular weight excluding hydrogens is 642 g/mol. The molecule has 10 nitrogen and oxygen atoms in total. The molecule has 6 rings (SSSR count). The summed E-state index contributed by atoms with van der Waals surface area (Å²) in [5.74, 6) is -0.432. The van der Waals surface area contributed by atoms with Crippen LogP contribution in [0.15, 0.2) is 87.8 Å². The van der Waals surface area contributed by atoms with Crippen LogP contribution < -0.4 is 24.4 Å². The number of esters is 2. The van der Waals surface area contributed by atoms with Crippen LogP contribution in [0, 0.1) is 13.8 Å². The third-order valence-corrected chi connectivity index (χ3v) is 9.42. The summed E-state index contributed by atoms with van der Waals surface area (Å²) in [5.41, 5.74) is 4.99. The highest BCUT2D eigenvalue weighted by molar-refractivity contribution is 7.07. The second kappa shape index (κ2) is 14.0. The van der Waals surface area contributed by atoms with Crippen molar-refractivity contribution in [3.8, 4) is 17.2 Å². The van der Waals surface area contributed by atoms with Crippen molar-refractivity contribution in [3.05, 3.63) is 120 Å². The molecule has 0 fully saturated rings. The van der Waals surface area contributed by atoms with Gasteiger partial charge in [-0.1, -0.05) is 53.8 Å². The molecule has 0 spiro atoms. The van der Waals surface area contributed by atoms with E-state index in [-0.39, 0.29) is 24.3 Å². The summed E-state index contributed by atoms with van der Waals surface area (Å²) in [4.78, 5) is 44.7. The third-order valence-electron chi connectivity index (χ3n) is 8.44. The number of nitrogens with zero attached hydrogens (tertiary/aromatic N) is 3. The molecule has 1 aliphatic rings. The van der Waals surface area contributed by atoms with Crippen molar-refractivity contribution >= 4 is 40.1 Å². The van der Waals surface area contributed by atoms with Crippen LogP contribution in [-0.2, 0) is 19.1 Å². The highest BCUT2D eigenvalue weighted by Gasteiger charge is 2.34. The second-order valence-corrected chi connectivity index (χ2v) is 12.5. The highest BCUT2D eigenvalue weighted by Crippen LogP contribution is 2.36. The number of hydrogen-bond donors (Lipinski definition) is 0. The molecule has 0 amide bonds. The van der Waals surface area contributed by atoms with E-state index in [0.29, 0.717) is 38.7 Å². The molecule has 2 aromatic heterocycles. The highest BCUT2D eigenvalue weighted by atomic mass is 32.1. The zero-order chi connectivity index (χ0) is 34.8. The number of aryl methyl sites for hydroxylation is 1. The predicted octanol–water partition coefficient (Wildman–Crippen LogP) is 5.31. The minimum absolute atomic E-state index is 0.156. The van der Waals surface area contributed by atoms with Gasteiger partial charge >= 0.3 is 11.9 Å². The Kier molecular flexibility index (Phi) is 9.55. The van der Waals surface area contributed by atoms with Gasteiger partial charge in [0.1, 0.15) is 0 Å². The number of allylic oxidation sites excluding steroid dienone is 1. The standard InChI is InChI=1S/C38H37N3O7S/c1-7-46-31-19-26(16-17-30(31)48-21-33(42)45-6)35-34(37(44)47-8-2)23(4)39-38-41(35)36(43)32(49-38)20-27-18-22(3)40(24(27)5)29-15-11-13-25-12-9-10-14-28(25)29/h9-20,35H,7-8,21H2,1-6H3/b32-20-/t35-/m1/s1. The lowest BCUT2D eigenvalue weighted by atomic mass is 9.95. The molecule has 0 saturated carbocycles. The lowest BCUT2D eigenvalue weighted by Gasteiger charge is -2.25. The van der Waals surface area contributed by atoms with E-state index in [0.717, 1.165) is 33.4 Å². The monoisotopic (exact) mass is 679 g/mol. The molecule has 1 atom stereocenters. The summed E-state index contributed by atoms with van der Waals surface area (Å²) in [7, 11) is 1.28. The number of carbonyl (C=O) groups is 2. The van der Waals surface area contributed by atoms with E-state index in [4.69, 9.17) is 23.9 Å². The van der Waals surface area contributed by atoms with Crippen LogP contribution in [0.3, 0.4) is 0 Å². The molecular formula is C38H37N3O7S. The Morgan fingerprint density at radius 2 is 1.71 bits per heavy atom. The van der Waals surface area contributed by atoms with Crippen molar-refractivity contribution in [1.29, 1.82) is 0 Å². The molecule has 3 heterocycles. The van der Waals surface area contributed by atoms with Crippen molar-refractivity contribution in [2.75, 3.05) is 26.9 Å². The van der Waals surface area contributed by atoms with Crippen LogP contribution in [0.2, 0.25) is 0 Å². The fourth-order valence-corrected chi connectivity index (χ4v) is 7.27. The number of rotatable bonds is 10. The van der Waals surface area contributed by atoms with E-state index in [1.165, 1.54) is 18.4 Å². The topological polar surface area (TPSA) is 110 Å². The molecule has 11 heteroatoms. The molecule has 0 radical (unpaired) electrons. The smallest absolute Gasteiger partial charge is 0.343 e. The van der Waals surface area contributed by atoms with Crippen LogP contribution in [0.25, 0.3) is 22.5 Å². The number of methoxy groups -OCH3 is 1. The van der Waals surface area contributed by atoms with E-state index in [9.17, 15) is 14.4 Å². The van der Waals surface area contributed by atoms with Gasteiger partial charge in [0.05, 0.1) is 47.9 Å². The molecule has 252 valence electrons. The number of ether oxygens (including phenoxy) is 4. The SMILES string of the molecule is CCOC(=O)C1=C(C)N=c2s/c(=C\c3cc(C)n(-c4cccc5ccccc45)c3C)c(=O)n2[C@@H]1c1ccc(OCC(=O)OC)c(OCC)c1. The fourth-order valence-electron chi connectivity index (χ4n) is 6.23. The first-order valence-electron chi connectivity index (χ1n) is 16.0. The Balaban J connectivity index is 1.50. The average Bonchev–Trinajstić information content (AvgIpc) is 3.55. The second-order valence-electron chi connectivity index (χ2n) is 11.5. The number of hydrogen-bond acceptors (Lipinski definition) is 9. The third kappa shape index (κ3) is 6.29. The van der Waals surface area contributed by atoms with Crippen molar-refractivity contribution in [3.63, 3.8) is 0 Å². The summed E-state index contributed by atoms with van der Waals surface area (Å²) >= 11 is 1.27. The van der Waals surface area contributed by atoms with Crippen molar-refractivity contribution in [1.82, 2.24) is 9.13 Å². The summed E-state index contributed by atoms with van der Waals surface area (Å²) < 4.78 is 25.9. The number of fused-ring (bicyclic) bond motifs is 2. The first kappa shape index (κ1) is 33.5. The van der Waals surface area contributed by atoms with Gasteiger partial charge in [0.2, 0.25) is 0 Å². The van der Waals surface area contributed by atoms with Crippen LogP contribution in [0.1, 0.15) is 49.3 Å². The Labute approximate surface area is 287 Å². The minimum Gasteiger partial charge on any atom is -0.490 e. The van der Waals surface area contributed by atoms with Crippen molar-refractivity contribution in [2.45, 2.75) is 40.7 Å². The van der Waals surface area contributed by atoms with Crippen LogP contribution >= 0.6 is 11.3 Å². The van der Waals surface area contributed by atoms with Gasteiger partial charge < -0.3 is 23.5 Å². The summed E-state index contributed by atoms with van der Waals surface area (Å²) in [6.07, 6.45) is 1.89. The summed E-state index contributed by atoms with van der Waals surface area (Å²) in [5, 5.41) is 2.28. The Bertz CT molecular complexity index is 2310. The quantitative estimate of drug-likeness (QED) is 0.184. The molecule has 0 saturated heterocycles. The zero-order valence-electron chi connectivity index (χ0n) is 28.2. The average molecular weight is 680 g/mol. The van der Waals surface area contributed by atoms with Gasteiger partial charge in [0, 0.05) is 16.8 Å². The Morgan fingerprint density at radius 3 is 2.47 bits per heavy atom. The Morgan fingerprint density at radius 1 is 0.939 bits per heavy atom. The van der Waals surface area contributed by atoms with E-state index in [1.54, 1.807) is 36.6 Å². The summed E-state index contributed by atoms with van der Waals surface area (Å²) in [6, 6.07) is 20.8. The molecule has 0 bridgehead atoms. The van der Waals surface area contributed by atoms with Gasteiger partial charge in [-0.05, 0) is 81.5 Å². The fraction of sp³-hybridized carbons (Fsp3) is 0.263. The summed E-state index contributed by atoms with van der Waals surface area (Å²) in [6.45, 7) is 9.56. The van der Waals surface area contributed by atoms with Gasteiger partial charge in [0.15, 0.2) is 22.9 Å². The van der Waals surface area contributed by atoms with Gasteiger partial charge in [-0.3, -0.25) is 9.36 Å². The lowest BCUT2D eigenvalue weighted by molar-refractivity contribution is -0.143. The molecule has 1 aliphatic heterocycles. The largest absolute Gasteiger partial charge is 0.490 e. The van der Waals surface area contributed by atoms with Gasteiger partial charge in [-0.25, -0.2) is 14.6 Å². The van der Waals surface area contributed by atoms with Crippen LogP contribution in [-0.4, -0.2) is 48.0 Å². The maximum atomic E-state index is 14.4. The number of aromatic nitrogens is 2. The number of thiazole rings is 1. The van der Waals surface area contributed by atoms with Crippen LogP contribution in [0.5, 0.6) is 11.5 Å². The zero-order valence-corrected chi connectivity index (χ0v) is 29.1. The van der Waals surface area contributed by atoms with E-state index in [1.807, 2.05) is 38.1 Å². The van der Waals surface area contributed by atoms with Gasteiger partial charge in [-0.2, -0.15) is 0 Å². The molecule has 3 aromatic carbocycles. The van der Waals surface area contributed by atoms with Crippen LogP contribution in [0.4, 0.5) is 0 Å². The molecule has 49 heavy (non-hydrogen) atoms. The first-order chi connectivity index (χ1) is 23.7. The maximum Gasteiger partial charge on any atom is 0.343 e. The first-order valence-corrected chi connectivity index (χ1v) is 16.8. The van der Waals surface area contributed by atoms with Gasteiger partial charge in [-0.15, -0.1) is 0 Å². The number of carbonyl (C=O) groups excluding carboxylic acids is 2. The minimum atomic E-state index is -0.852. The predicted molar refractivity (Wildman–Crippen MR) is 188 cm³/mol. The maximum absolute atomic E-state index is 14.4. The normalized spacial score (nSPS) is 14.4. The van der Waals surface area contributed by atoms with Crippen molar-refractivity contribution < 1.29 is 28.5 Å². The van der Waals surface area contributed by atoms with Crippen molar-refractivity contribution in [2.24, 2.45) is 4.99 Å². The van der Waals surface area contributed by atoms with E-state index < -0.39 is 18.0 Å². The number of benzene rings is 3. The van der Waals surface area contributed by atoms with E-state index >= 15 is 0 Å². The van der Waals surface area contributed by atoms with Gasteiger partial charge in [0.25, 0.3) is 5.56 Å². The molecule has 0 N–H and O–H groups in total. The molecule has 0 unspecified atom stereocenters. The lowest BCUT2D eigenvalue weighted by Crippen LogP contribution is -2.40. The molecule has 5 aromatic rings. The van der Waals surface area contributed by atoms with E-state index in [2.05, 4.69) is 41.8 Å².